The van der Waals surface area contributed by atoms with Crippen molar-refractivity contribution in [3.05, 3.63) is 29.3 Å². The van der Waals surface area contributed by atoms with Gasteiger partial charge < -0.3 is 9.84 Å². The van der Waals surface area contributed by atoms with Crippen LogP contribution in [0.25, 0.3) is 0 Å². The predicted octanol–water partition coefficient (Wildman–Crippen LogP) is 3.72. The molecule has 3 aliphatic rings. The number of piperidine rings is 1. The van der Waals surface area contributed by atoms with E-state index in [0.717, 1.165) is 37.5 Å². The summed E-state index contributed by atoms with van der Waals surface area (Å²) in [6.07, 6.45) is 5.61. The van der Waals surface area contributed by atoms with Gasteiger partial charge in [0.25, 0.3) is 0 Å². The summed E-state index contributed by atoms with van der Waals surface area (Å²) in [5.74, 6) is 1.24. The molecular weight excluding hydrogens is 326 g/mol. The Morgan fingerprint density at radius 1 is 1.42 bits per heavy atom. The molecule has 1 aromatic rings. The number of methoxy groups -OCH3 is 1. The predicted molar refractivity (Wildman–Crippen MR) is 102 cm³/mol. The number of benzene rings is 1. The smallest absolute Gasteiger partial charge is 0.306 e. The fourth-order valence-corrected chi connectivity index (χ4v) is 5.55. The van der Waals surface area contributed by atoms with Crippen molar-refractivity contribution in [3.63, 3.8) is 0 Å². The summed E-state index contributed by atoms with van der Waals surface area (Å²) in [7, 11) is 1.71. The maximum absolute atomic E-state index is 11.7. The number of carboxylic acid groups (broad SMARTS) is 1. The zero-order valence-electron chi connectivity index (χ0n) is 16.2. The molecule has 0 amide bonds. The van der Waals surface area contributed by atoms with Crippen LogP contribution in [-0.2, 0) is 16.6 Å². The SMILES string of the molecule is COc1ccc2c(c1)[C@@]1(CC(C)C(=O)O)CCN(CC3CC3)C(C2)[C@@H]1C. The van der Waals surface area contributed by atoms with Gasteiger partial charge in [0.2, 0.25) is 0 Å². The van der Waals surface area contributed by atoms with Gasteiger partial charge in [-0.25, -0.2) is 0 Å². The van der Waals surface area contributed by atoms with Crippen LogP contribution in [0.3, 0.4) is 0 Å². The molecule has 2 aliphatic carbocycles. The van der Waals surface area contributed by atoms with E-state index in [0.29, 0.717) is 12.0 Å². The van der Waals surface area contributed by atoms with Crippen molar-refractivity contribution in [3.8, 4) is 5.75 Å². The molecule has 2 fully saturated rings. The van der Waals surface area contributed by atoms with Crippen molar-refractivity contribution >= 4 is 5.97 Å². The first kappa shape index (κ1) is 17.8. The van der Waals surface area contributed by atoms with Crippen LogP contribution in [0, 0.1) is 17.8 Å². The molecule has 0 spiro atoms. The topological polar surface area (TPSA) is 49.8 Å². The first-order valence-corrected chi connectivity index (χ1v) is 10.1. The van der Waals surface area contributed by atoms with E-state index in [4.69, 9.17) is 4.74 Å². The van der Waals surface area contributed by atoms with Crippen LogP contribution in [0.2, 0.25) is 0 Å². The van der Waals surface area contributed by atoms with Crippen LogP contribution in [0.5, 0.6) is 5.75 Å². The zero-order chi connectivity index (χ0) is 18.5. The van der Waals surface area contributed by atoms with Gasteiger partial charge in [0.05, 0.1) is 13.0 Å². The van der Waals surface area contributed by atoms with Gasteiger partial charge in [-0.15, -0.1) is 0 Å². The molecule has 1 aromatic carbocycles. The van der Waals surface area contributed by atoms with E-state index in [1.165, 1.54) is 30.5 Å². The monoisotopic (exact) mass is 357 g/mol. The Labute approximate surface area is 156 Å². The molecule has 2 unspecified atom stereocenters. The molecule has 1 saturated carbocycles. The molecule has 142 valence electrons. The quantitative estimate of drug-likeness (QED) is 0.843. The summed E-state index contributed by atoms with van der Waals surface area (Å²) in [6, 6.07) is 7.00. The Balaban J connectivity index is 1.74. The molecule has 1 aliphatic heterocycles. The van der Waals surface area contributed by atoms with Gasteiger partial charge in [-0.2, -0.15) is 0 Å². The number of hydrogen-bond donors (Lipinski definition) is 1. The van der Waals surface area contributed by atoms with E-state index >= 15 is 0 Å². The van der Waals surface area contributed by atoms with Gasteiger partial charge in [-0.3, -0.25) is 9.69 Å². The summed E-state index contributed by atoms with van der Waals surface area (Å²) >= 11 is 0. The number of ether oxygens (including phenoxy) is 1. The highest BCUT2D eigenvalue weighted by molar-refractivity contribution is 5.69. The number of hydrogen-bond acceptors (Lipinski definition) is 3. The minimum Gasteiger partial charge on any atom is -0.497 e. The first-order valence-electron chi connectivity index (χ1n) is 10.1. The number of likely N-dealkylation sites (tertiary alicyclic amines) is 1. The van der Waals surface area contributed by atoms with Crippen molar-refractivity contribution in [1.29, 1.82) is 0 Å². The average Bonchev–Trinajstić information content (AvgIpc) is 3.43. The number of rotatable bonds is 6. The Kier molecular flexibility index (Phi) is 4.50. The molecule has 1 heterocycles. The van der Waals surface area contributed by atoms with Crippen molar-refractivity contribution in [2.24, 2.45) is 17.8 Å². The lowest BCUT2D eigenvalue weighted by atomic mass is 9.55. The van der Waals surface area contributed by atoms with Crippen LogP contribution in [0.4, 0.5) is 0 Å². The van der Waals surface area contributed by atoms with Crippen molar-refractivity contribution in [1.82, 2.24) is 4.90 Å². The van der Waals surface area contributed by atoms with Gasteiger partial charge in [0, 0.05) is 18.0 Å². The summed E-state index contributed by atoms with van der Waals surface area (Å²) in [5.41, 5.74) is 2.69. The standard InChI is InChI=1S/C22H31NO3/c1-14(21(24)25)12-22-8-9-23(13-16-4-5-16)20(15(22)2)10-17-6-7-18(26-3)11-19(17)22/h6-7,11,14-16,20H,4-5,8-10,12-13H2,1-3H3,(H,24,25)/t14?,15-,20?,22+/m0/s1. The van der Waals surface area contributed by atoms with E-state index in [1.54, 1.807) is 7.11 Å². The number of carboxylic acids is 1. The Morgan fingerprint density at radius 2 is 2.19 bits per heavy atom. The molecule has 26 heavy (non-hydrogen) atoms. The Hall–Kier alpha value is -1.55. The number of nitrogens with zero attached hydrogens (tertiary/aromatic N) is 1. The normalized spacial score (nSPS) is 32.0. The average molecular weight is 357 g/mol. The molecule has 0 radical (unpaired) electrons. The molecule has 1 N–H and O–H groups in total. The Bertz CT molecular complexity index is 699. The van der Waals surface area contributed by atoms with Gasteiger partial charge in [0.15, 0.2) is 0 Å². The molecule has 4 nitrogen and oxygen atoms in total. The molecule has 2 bridgehead atoms. The van der Waals surface area contributed by atoms with Crippen LogP contribution < -0.4 is 4.74 Å². The number of aliphatic carboxylic acids is 1. The maximum Gasteiger partial charge on any atom is 0.306 e. The lowest BCUT2D eigenvalue weighted by molar-refractivity contribution is -0.142. The molecule has 1 saturated heterocycles. The van der Waals surface area contributed by atoms with Crippen molar-refractivity contribution < 1.29 is 14.6 Å². The third-order valence-electron chi connectivity index (χ3n) is 7.33. The lowest BCUT2D eigenvalue weighted by Gasteiger charge is -2.56. The fourth-order valence-electron chi connectivity index (χ4n) is 5.55. The van der Waals surface area contributed by atoms with E-state index < -0.39 is 5.97 Å². The lowest BCUT2D eigenvalue weighted by Crippen LogP contribution is -2.60. The van der Waals surface area contributed by atoms with Crippen LogP contribution in [0.15, 0.2) is 18.2 Å². The molecular formula is C22H31NO3. The summed E-state index contributed by atoms with van der Waals surface area (Å²) < 4.78 is 5.51. The highest BCUT2D eigenvalue weighted by Gasteiger charge is 2.52. The van der Waals surface area contributed by atoms with E-state index in [9.17, 15) is 9.90 Å². The summed E-state index contributed by atoms with van der Waals surface area (Å²) in [5, 5.41) is 9.59. The minimum atomic E-state index is -0.682. The fraction of sp³-hybridized carbons (Fsp3) is 0.682. The molecule has 4 rings (SSSR count). The highest BCUT2D eigenvalue weighted by atomic mass is 16.5. The zero-order valence-corrected chi connectivity index (χ0v) is 16.2. The number of carbonyl (C=O) groups is 1. The van der Waals surface area contributed by atoms with Crippen LogP contribution in [-0.4, -0.2) is 42.2 Å². The second kappa shape index (κ2) is 6.56. The molecule has 4 atom stereocenters. The van der Waals surface area contributed by atoms with Crippen LogP contribution >= 0.6 is 0 Å². The highest BCUT2D eigenvalue weighted by Crippen LogP contribution is 2.53. The number of fused-ring (bicyclic) bond motifs is 4. The van der Waals surface area contributed by atoms with E-state index in [-0.39, 0.29) is 11.3 Å². The molecule has 4 heteroatoms. The summed E-state index contributed by atoms with van der Waals surface area (Å²) in [4.78, 5) is 14.4. The molecule has 0 aromatic heterocycles. The maximum atomic E-state index is 11.7. The van der Waals surface area contributed by atoms with Crippen molar-refractivity contribution in [2.75, 3.05) is 20.2 Å². The first-order chi connectivity index (χ1) is 12.4. The Morgan fingerprint density at radius 3 is 2.85 bits per heavy atom. The van der Waals surface area contributed by atoms with Crippen molar-refractivity contribution in [2.45, 2.75) is 57.4 Å². The van der Waals surface area contributed by atoms with Gasteiger partial charge in [-0.1, -0.05) is 19.9 Å². The largest absolute Gasteiger partial charge is 0.497 e. The second-order valence-corrected chi connectivity index (χ2v) is 8.87. The second-order valence-electron chi connectivity index (χ2n) is 8.87. The van der Waals surface area contributed by atoms with E-state index in [2.05, 4.69) is 30.0 Å². The van der Waals surface area contributed by atoms with E-state index in [1.807, 2.05) is 6.92 Å². The van der Waals surface area contributed by atoms with Gasteiger partial charge in [0.1, 0.15) is 5.75 Å². The van der Waals surface area contributed by atoms with Gasteiger partial charge >= 0.3 is 5.97 Å². The third-order valence-corrected chi connectivity index (χ3v) is 7.33. The summed E-state index contributed by atoms with van der Waals surface area (Å²) in [6.45, 7) is 6.55. The third kappa shape index (κ3) is 2.92. The van der Waals surface area contributed by atoms with Gasteiger partial charge in [-0.05, 0) is 73.7 Å². The van der Waals surface area contributed by atoms with Crippen LogP contribution in [0.1, 0.15) is 50.7 Å². The minimum absolute atomic E-state index is 0.0509.